The molecule has 0 saturated heterocycles. The van der Waals surface area contributed by atoms with Gasteiger partial charge in [-0.25, -0.2) is 9.79 Å². The number of allylic oxidation sites excluding steroid dienone is 1. The third-order valence-corrected chi connectivity index (χ3v) is 6.63. The van der Waals surface area contributed by atoms with Gasteiger partial charge in [0.25, 0.3) is 5.56 Å². The number of fused-ring (bicyclic) bond motifs is 1. The third-order valence-electron chi connectivity index (χ3n) is 5.15. The van der Waals surface area contributed by atoms with Crippen LogP contribution in [-0.2, 0) is 9.53 Å². The predicted octanol–water partition coefficient (Wildman–Crippen LogP) is 3.74. The van der Waals surface area contributed by atoms with E-state index in [-0.39, 0.29) is 12.2 Å². The smallest absolute Gasteiger partial charge is 0.338 e. The molecule has 2 heterocycles. The lowest BCUT2D eigenvalue weighted by Crippen LogP contribution is -2.39. The molecular formula is C25H21BrN2O4S. The zero-order valence-corrected chi connectivity index (χ0v) is 20.5. The summed E-state index contributed by atoms with van der Waals surface area (Å²) in [6.45, 7) is 5.42. The van der Waals surface area contributed by atoms with Crippen LogP contribution in [0.2, 0.25) is 0 Å². The Morgan fingerprint density at radius 1 is 1.27 bits per heavy atom. The minimum absolute atomic E-state index is 0.0677. The molecule has 0 unspecified atom stereocenters. The number of ether oxygens (including phenoxy) is 2. The molecule has 1 atom stereocenters. The van der Waals surface area contributed by atoms with Crippen LogP contribution in [0, 0.1) is 0 Å². The molecule has 0 saturated carbocycles. The highest BCUT2D eigenvalue weighted by Gasteiger charge is 2.33. The van der Waals surface area contributed by atoms with Gasteiger partial charge >= 0.3 is 5.97 Å². The number of esters is 1. The Balaban J connectivity index is 1.92. The van der Waals surface area contributed by atoms with Gasteiger partial charge in [-0.3, -0.25) is 9.36 Å². The zero-order chi connectivity index (χ0) is 23.5. The van der Waals surface area contributed by atoms with E-state index in [0.29, 0.717) is 26.4 Å². The second kappa shape index (κ2) is 9.72. The van der Waals surface area contributed by atoms with E-state index in [4.69, 9.17) is 9.47 Å². The fourth-order valence-corrected chi connectivity index (χ4v) is 5.11. The number of halogens is 1. The molecule has 0 spiro atoms. The molecular weight excluding hydrogens is 504 g/mol. The molecule has 0 amide bonds. The Morgan fingerprint density at radius 3 is 2.70 bits per heavy atom. The van der Waals surface area contributed by atoms with Crippen molar-refractivity contribution in [2.24, 2.45) is 4.99 Å². The number of methoxy groups -OCH3 is 1. The molecule has 33 heavy (non-hydrogen) atoms. The van der Waals surface area contributed by atoms with E-state index in [0.717, 1.165) is 15.6 Å². The zero-order valence-electron chi connectivity index (χ0n) is 18.1. The fraction of sp³-hybridized carbons (Fsp3) is 0.160. The SMILES string of the molecule is C=CCOC(=O)C1=C(C)N=c2s/c(=C/c3cccc(Br)c3)c(=O)n2[C@H]1c1ccc(OC)cc1. The van der Waals surface area contributed by atoms with Crippen molar-refractivity contribution in [1.82, 2.24) is 4.57 Å². The van der Waals surface area contributed by atoms with Crippen LogP contribution >= 0.6 is 27.3 Å². The van der Waals surface area contributed by atoms with Crippen LogP contribution in [0.1, 0.15) is 24.1 Å². The van der Waals surface area contributed by atoms with E-state index < -0.39 is 12.0 Å². The predicted molar refractivity (Wildman–Crippen MR) is 132 cm³/mol. The Bertz CT molecular complexity index is 1430. The quantitative estimate of drug-likeness (QED) is 0.363. The monoisotopic (exact) mass is 524 g/mol. The van der Waals surface area contributed by atoms with Gasteiger partial charge in [-0.2, -0.15) is 0 Å². The van der Waals surface area contributed by atoms with Crippen LogP contribution < -0.4 is 19.6 Å². The van der Waals surface area contributed by atoms with Gasteiger partial charge in [0, 0.05) is 4.47 Å². The lowest BCUT2D eigenvalue weighted by molar-refractivity contribution is -0.138. The molecule has 2 aromatic carbocycles. The number of nitrogens with zero attached hydrogens (tertiary/aromatic N) is 2. The molecule has 1 aliphatic rings. The molecule has 0 bridgehead atoms. The first kappa shape index (κ1) is 22.9. The van der Waals surface area contributed by atoms with Crippen LogP contribution in [0.25, 0.3) is 6.08 Å². The summed E-state index contributed by atoms with van der Waals surface area (Å²) in [7, 11) is 1.59. The summed E-state index contributed by atoms with van der Waals surface area (Å²) in [6, 6.07) is 14.3. The van der Waals surface area contributed by atoms with Crippen molar-refractivity contribution < 1.29 is 14.3 Å². The topological polar surface area (TPSA) is 69.9 Å². The van der Waals surface area contributed by atoms with Crippen molar-refractivity contribution in [2.45, 2.75) is 13.0 Å². The van der Waals surface area contributed by atoms with Gasteiger partial charge in [0.05, 0.1) is 29.0 Å². The molecule has 1 aromatic heterocycles. The van der Waals surface area contributed by atoms with Gasteiger partial charge in [-0.15, -0.1) is 0 Å². The van der Waals surface area contributed by atoms with E-state index in [1.165, 1.54) is 17.4 Å². The second-order valence-electron chi connectivity index (χ2n) is 7.30. The first-order valence-electron chi connectivity index (χ1n) is 10.1. The van der Waals surface area contributed by atoms with Gasteiger partial charge < -0.3 is 9.47 Å². The van der Waals surface area contributed by atoms with Crippen molar-refractivity contribution in [1.29, 1.82) is 0 Å². The van der Waals surface area contributed by atoms with E-state index >= 15 is 0 Å². The number of aromatic nitrogens is 1. The van der Waals surface area contributed by atoms with Crippen LogP contribution in [0.3, 0.4) is 0 Å². The normalized spacial score (nSPS) is 15.6. The number of carbonyl (C=O) groups is 1. The maximum Gasteiger partial charge on any atom is 0.338 e. The maximum absolute atomic E-state index is 13.6. The average Bonchev–Trinajstić information content (AvgIpc) is 3.11. The number of hydrogen-bond acceptors (Lipinski definition) is 6. The van der Waals surface area contributed by atoms with Gasteiger partial charge in [-0.1, -0.05) is 64.2 Å². The first-order chi connectivity index (χ1) is 15.9. The maximum atomic E-state index is 13.6. The van der Waals surface area contributed by atoms with E-state index in [1.54, 1.807) is 30.7 Å². The molecule has 0 N–H and O–H groups in total. The average molecular weight is 525 g/mol. The Hall–Kier alpha value is -3.23. The second-order valence-corrected chi connectivity index (χ2v) is 9.22. The van der Waals surface area contributed by atoms with Gasteiger partial charge in [0.1, 0.15) is 12.4 Å². The Morgan fingerprint density at radius 2 is 2.03 bits per heavy atom. The van der Waals surface area contributed by atoms with E-state index in [2.05, 4.69) is 27.5 Å². The van der Waals surface area contributed by atoms with Crippen LogP contribution in [0.4, 0.5) is 0 Å². The summed E-state index contributed by atoms with van der Waals surface area (Å²) in [5.41, 5.74) is 2.26. The number of benzene rings is 2. The van der Waals surface area contributed by atoms with Gasteiger partial charge in [0.15, 0.2) is 4.80 Å². The highest BCUT2D eigenvalue weighted by atomic mass is 79.9. The van der Waals surface area contributed by atoms with E-state index in [1.807, 2.05) is 42.5 Å². The summed E-state index contributed by atoms with van der Waals surface area (Å²) in [5.74, 6) is 0.149. The van der Waals surface area contributed by atoms with Crippen LogP contribution in [0.15, 0.2) is 86.7 Å². The number of carbonyl (C=O) groups excluding carboxylic acids is 1. The minimum atomic E-state index is -0.672. The minimum Gasteiger partial charge on any atom is -0.497 e. The molecule has 4 rings (SSSR count). The molecule has 0 aliphatic carbocycles. The van der Waals surface area contributed by atoms with Crippen molar-refractivity contribution >= 4 is 39.3 Å². The van der Waals surface area contributed by atoms with Crippen molar-refractivity contribution in [2.75, 3.05) is 13.7 Å². The molecule has 0 fully saturated rings. The largest absolute Gasteiger partial charge is 0.497 e. The summed E-state index contributed by atoms with van der Waals surface area (Å²) in [4.78, 5) is 31.7. The highest BCUT2D eigenvalue weighted by Crippen LogP contribution is 2.31. The van der Waals surface area contributed by atoms with Crippen LogP contribution in [0.5, 0.6) is 5.75 Å². The molecule has 168 valence electrons. The third kappa shape index (κ3) is 4.62. The Labute approximate surface area is 203 Å². The van der Waals surface area contributed by atoms with Crippen LogP contribution in [-0.4, -0.2) is 24.3 Å². The summed E-state index contributed by atoms with van der Waals surface area (Å²) < 4.78 is 13.6. The Kier molecular flexibility index (Phi) is 6.76. The van der Waals surface area contributed by atoms with Gasteiger partial charge in [0.2, 0.25) is 0 Å². The summed E-state index contributed by atoms with van der Waals surface area (Å²) >= 11 is 4.75. The van der Waals surface area contributed by atoms with Crippen molar-refractivity contribution in [3.63, 3.8) is 0 Å². The highest BCUT2D eigenvalue weighted by molar-refractivity contribution is 9.10. The lowest BCUT2D eigenvalue weighted by atomic mass is 9.96. The lowest BCUT2D eigenvalue weighted by Gasteiger charge is -2.24. The summed E-state index contributed by atoms with van der Waals surface area (Å²) in [6.07, 6.45) is 3.33. The van der Waals surface area contributed by atoms with Crippen molar-refractivity contribution in [3.05, 3.63) is 108 Å². The van der Waals surface area contributed by atoms with E-state index in [9.17, 15) is 9.59 Å². The molecule has 3 aromatic rings. The molecule has 0 radical (unpaired) electrons. The first-order valence-corrected chi connectivity index (χ1v) is 11.7. The van der Waals surface area contributed by atoms with Gasteiger partial charge in [-0.05, 0) is 48.4 Å². The molecule has 8 heteroatoms. The van der Waals surface area contributed by atoms with Crippen molar-refractivity contribution in [3.8, 4) is 5.75 Å². The summed E-state index contributed by atoms with van der Waals surface area (Å²) in [5, 5.41) is 0. The number of thiazole rings is 1. The standard InChI is InChI=1S/C25H21BrN2O4S/c1-4-12-32-24(30)21-15(2)27-25-28(22(21)17-8-10-19(31-3)11-9-17)23(29)20(33-25)14-16-6-5-7-18(26)13-16/h4-11,13-14,22H,1,12H2,2-3H3/b20-14+/t22-/m0/s1. The molecule has 1 aliphatic heterocycles. The number of rotatable bonds is 6. The number of hydrogen-bond donors (Lipinski definition) is 0. The fourth-order valence-electron chi connectivity index (χ4n) is 3.64. The molecule has 6 nitrogen and oxygen atoms in total.